The van der Waals surface area contributed by atoms with Crippen molar-refractivity contribution in [2.24, 2.45) is 5.10 Å². The predicted octanol–water partition coefficient (Wildman–Crippen LogP) is 3.98. The molecule has 1 aromatic carbocycles. The minimum atomic E-state index is -0.378. The molecule has 0 fully saturated rings. The Morgan fingerprint density at radius 1 is 1.43 bits per heavy atom. The molecule has 5 nitrogen and oxygen atoms in total. The van der Waals surface area contributed by atoms with E-state index in [1.807, 2.05) is 0 Å². The van der Waals surface area contributed by atoms with Gasteiger partial charge >= 0.3 is 0 Å². The molecule has 1 N–H and O–H groups in total. The Labute approximate surface area is 132 Å². The molecular weight excluding hydrogens is 359 g/mol. The Balaban J connectivity index is 2.02. The van der Waals surface area contributed by atoms with Crippen LogP contribution in [-0.4, -0.2) is 21.1 Å². The van der Waals surface area contributed by atoms with E-state index in [-0.39, 0.29) is 10.6 Å². The van der Waals surface area contributed by atoms with Crippen molar-refractivity contribution in [3.8, 4) is 11.6 Å². The van der Waals surface area contributed by atoms with Crippen LogP contribution in [0.3, 0.4) is 0 Å². The van der Waals surface area contributed by atoms with Crippen LogP contribution in [0.25, 0.3) is 11.6 Å². The van der Waals surface area contributed by atoms with E-state index in [0.717, 1.165) is 4.47 Å². The van der Waals surface area contributed by atoms with E-state index in [1.54, 1.807) is 24.3 Å². The quantitative estimate of drug-likeness (QED) is 0.563. The van der Waals surface area contributed by atoms with E-state index < -0.39 is 0 Å². The lowest BCUT2D eigenvalue weighted by atomic mass is 10.2. The van der Waals surface area contributed by atoms with Crippen LogP contribution >= 0.6 is 28.1 Å². The van der Waals surface area contributed by atoms with Gasteiger partial charge in [0, 0.05) is 10.0 Å². The molecule has 106 valence electrons. The van der Waals surface area contributed by atoms with E-state index in [4.69, 9.17) is 16.6 Å². The van der Waals surface area contributed by atoms with E-state index in [2.05, 4.69) is 31.2 Å². The fraction of sp³-hybridized carbons (Fsp3) is 0. The van der Waals surface area contributed by atoms with E-state index in [9.17, 15) is 4.39 Å². The van der Waals surface area contributed by atoms with Gasteiger partial charge in [0.05, 0.1) is 12.5 Å². The van der Waals surface area contributed by atoms with Gasteiger partial charge in [0.2, 0.25) is 10.6 Å². The summed E-state index contributed by atoms with van der Waals surface area (Å²) >= 11 is 8.39. The van der Waals surface area contributed by atoms with Gasteiger partial charge < -0.3 is 4.42 Å². The van der Waals surface area contributed by atoms with Crippen LogP contribution < -0.4 is 0 Å². The SMILES string of the molecule is Fc1ccc(Br)cc1/C=N/n1c(-c2ccco2)n[nH]c1=S. The second kappa shape index (κ2) is 5.74. The van der Waals surface area contributed by atoms with Crippen LogP contribution in [0.15, 0.2) is 50.6 Å². The highest BCUT2D eigenvalue weighted by atomic mass is 79.9. The van der Waals surface area contributed by atoms with Crippen LogP contribution in [0.5, 0.6) is 0 Å². The Hall–Kier alpha value is -2.06. The molecule has 0 aliphatic carbocycles. The lowest BCUT2D eigenvalue weighted by Crippen LogP contribution is -1.96. The Kier molecular flexibility index (Phi) is 3.80. The molecule has 0 unspecified atom stereocenters. The molecule has 0 bridgehead atoms. The van der Waals surface area contributed by atoms with Crippen LogP contribution in [0.4, 0.5) is 4.39 Å². The fourth-order valence-corrected chi connectivity index (χ4v) is 2.26. The summed E-state index contributed by atoms with van der Waals surface area (Å²) in [6.45, 7) is 0. The summed E-state index contributed by atoms with van der Waals surface area (Å²) in [6.07, 6.45) is 2.90. The van der Waals surface area contributed by atoms with Crippen molar-refractivity contribution in [1.82, 2.24) is 14.9 Å². The second-order valence-electron chi connectivity index (χ2n) is 4.05. The van der Waals surface area contributed by atoms with Crippen molar-refractivity contribution in [1.29, 1.82) is 0 Å². The predicted molar refractivity (Wildman–Crippen MR) is 82.2 cm³/mol. The standard InChI is InChI=1S/C13H8BrFN4OS/c14-9-3-4-10(15)8(6-9)7-16-19-12(17-18-13(19)21)11-2-1-5-20-11/h1-7H,(H,18,21)/b16-7+. The number of benzene rings is 1. The van der Waals surface area contributed by atoms with Gasteiger partial charge in [-0.05, 0) is 42.5 Å². The molecule has 0 aliphatic rings. The van der Waals surface area contributed by atoms with Gasteiger partial charge in [-0.1, -0.05) is 15.9 Å². The highest BCUT2D eigenvalue weighted by Gasteiger charge is 2.10. The van der Waals surface area contributed by atoms with Crippen LogP contribution in [0.2, 0.25) is 0 Å². The van der Waals surface area contributed by atoms with Gasteiger partial charge in [0.1, 0.15) is 5.82 Å². The van der Waals surface area contributed by atoms with E-state index >= 15 is 0 Å². The van der Waals surface area contributed by atoms with Crippen molar-refractivity contribution in [3.63, 3.8) is 0 Å². The zero-order chi connectivity index (χ0) is 14.8. The Morgan fingerprint density at radius 3 is 3.05 bits per heavy atom. The smallest absolute Gasteiger partial charge is 0.219 e. The number of H-pyrrole nitrogens is 1. The molecule has 3 aromatic rings. The number of nitrogens with one attached hydrogen (secondary N) is 1. The third kappa shape index (κ3) is 2.86. The minimum absolute atomic E-state index is 0.285. The average Bonchev–Trinajstić information content (AvgIpc) is 3.09. The van der Waals surface area contributed by atoms with Gasteiger partial charge in [0.15, 0.2) is 5.76 Å². The molecule has 0 atom stereocenters. The molecule has 0 spiro atoms. The second-order valence-corrected chi connectivity index (χ2v) is 5.35. The molecule has 0 amide bonds. The van der Waals surface area contributed by atoms with Crippen LogP contribution in [0.1, 0.15) is 5.56 Å². The number of hydrogen-bond donors (Lipinski definition) is 1. The third-order valence-electron chi connectivity index (χ3n) is 2.66. The summed E-state index contributed by atoms with van der Waals surface area (Å²) in [7, 11) is 0. The maximum Gasteiger partial charge on any atom is 0.219 e. The summed E-state index contributed by atoms with van der Waals surface area (Å²) in [5.41, 5.74) is 0.331. The van der Waals surface area contributed by atoms with Gasteiger partial charge in [0.25, 0.3) is 0 Å². The first kappa shape index (κ1) is 13.9. The van der Waals surface area contributed by atoms with Crippen LogP contribution in [-0.2, 0) is 0 Å². The van der Waals surface area contributed by atoms with Crippen molar-refractivity contribution in [2.45, 2.75) is 0 Å². The first-order valence-electron chi connectivity index (χ1n) is 5.86. The van der Waals surface area contributed by atoms with E-state index in [1.165, 1.54) is 23.2 Å². The Bertz CT molecular complexity index is 853. The number of halogens is 2. The maximum absolute atomic E-state index is 13.7. The number of aromatic amines is 1. The number of aromatic nitrogens is 3. The molecular formula is C13H8BrFN4OS. The van der Waals surface area contributed by atoms with Crippen molar-refractivity contribution in [3.05, 3.63) is 57.2 Å². The van der Waals surface area contributed by atoms with Gasteiger partial charge in [-0.2, -0.15) is 9.78 Å². The van der Waals surface area contributed by atoms with E-state index in [0.29, 0.717) is 17.1 Å². The van der Waals surface area contributed by atoms with Crippen molar-refractivity contribution < 1.29 is 8.81 Å². The number of nitrogens with zero attached hydrogens (tertiary/aromatic N) is 3. The highest BCUT2D eigenvalue weighted by molar-refractivity contribution is 9.10. The summed E-state index contributed by atoms with van der Waals surface area (Å²) in [6, 6.07) is 8.05. The largest absolute Gasteiger partial charge is 0.461 e. The molecule has 2 heterocycles. The maximum atomic E-state index is 13.7. The third-order valence-corrected chi connectivity index (χ3v) is 3.42. The highest BCUT2D eigenvalue weighted by Crippen LogP contribution is 2.18. The topological polar surface area (TPSA) is 59.1 Å². The molecule has 0 saturated heterocycles. The number of furan rings is 1. The first-order valence-corrected chi connectivity index (χ1v) is 7.06. The molecule has 0 radical (unpaired) electrons. The Morgan fingerprint density at radius 2 is 2.29 bits per heavy atom. The normalized spacial score (nSPS) is 11.3. The number of hydrogen-bond acceptors (Lipinski definition) is 4. The summed E-state index contributed by atoms with van der Waals surface area (Å²) < 4.78 is 21.4. The van der Waals surface area contributed by atoms with Crippen molar-refractivity contribution in [2.75, 3.05) is 0 Å². The molecule has 0 saturated carbocycles. The lowest BCUT2D eigenvalue weighted by Gasteiger charge is -1.99. The zero-order valence-electron chi connectivity index (χ0n) is 10.5. The van der Waals surface area contributed by atoms with Crippen molar-refractivity contribution >= 4 is 34.4 Å². The molecule has 3 rings (SSSR count). The van der Waals surface area contributed by atoms with Gasteiger partial charge in [-0.3, -0.25) is 0 Å². The lowest BCUT2D eigenvalue weighted by molar-refractivity contribution is 0.573. The molecule has 21 heavy (non-hydrogen) atoms. The van der Waals surface area contributed by atoms with Gasteiger partial charge in [-0.25, -0.2) is 9.49 Å². The average molecular weight is 367 g/mol. The van der Waals surface area contributed by atoms with Gasteiger partial charge in [-0.15, -0.1) is 5.10 Å². The monoisotopic (exact) mass is 366 g/mol. The zero-order valence-corrected chi connectivity index (χ0v) is 12.9. The fourth-order valence-electron chi connectivity index (χ4n) is 1.70. The summed E-state index contributed by atoms with van der Waals surface area (Å²) in [4.78, 5) is 0. The summed E-state index contributed by atoms with van der Waals surface area (Å²) in [5, 5.41) is 10.8. The summed E-state index contributed by atoms with van der Waals surface area (Å²) in [5.74, 6) is 0.544. The number of rotatable bonds is 3. The van der Waals surface area contributed by atoms with Crippen LogP contribution in [0, 0.1) is 10.6 Å². The molecule has 8 heteroatoms. The molecule has 2 aromatic heterocycles. The first-order chi connectivity index (χ1) is 10.1. The molecule has 0 aliphatic heterocycles. The minimum Gasteiger partial charge on any atom is -0.461 e.